The van der Waals surface area contributed by atoms with E-state index in [0.717, 1.165) is 0 Å². The van der Waals surface area contributed by atoms with E-state index >= 15 is 0 Å². The van der Waals surface area contributed by atoms with Gasteiger partial charge in [0.25, 0.3) is 0 Å². The first-order valence-electron chi connectivity index (χ1n) is 1.28. The first-order valence-corrected chi connectivity index (χ1v) is 1.28. The van der Waals surface area contributed by atoms with Crippen LogP contribution in [0, 0.1) is 0 Å². The summed E-state index contributed by atoms with van der Waals surface area (Å²) in [6, 6.07) is -0.833. The highest BCUT2D eigenvalue weighted by molar-refractivity contribution is 5.69. The van der Waals surface area contributed by atoms with Crippen LogP contribution in [-0.4, -0.2) is 6.03 Å². The number of hydrogen-bond acceptors (Lipinski definition) is 1. The highest BCUT2D eigenvalue weighted by Crippen LogP contribution is 1.25. The first-order chi connectivity index (χ1) is 2.73. The first kappa shape index (κ1) is 8.89. The molecule has 3 heteroatoms. The van der Waals surface area contributed by atoms with Crippen molar-refractivity contribution in [2.45, 2.75) is 0 Å². The van der Waals surface area contributed by atoms with Crippen LogP contribution in [-0.2, 0) is 0 Å². The van der Waals surface area contributed by atoms with Crippen molar-refractivity contribution in [3.05, 3.63) is 13.2 Å². The quantitative estimate of drug-likeness (QED) is 0.396. The predicted octanol–water partition coefficient (Wildman–Crippen LogP) is -0.174. The van der Waals surface area contributed by atoms with Crippen molar-refractivity contribution in [2.24, 2.45) is 11.5 Å². The van der Waals surface area contributed by atoms with Crippen LogP contribution < -0.4 is 11.5 Å². The smallest absolute Gasteiger partial charge is 0.309 e. The van der Waals surface area contributed by atoms with Crippen LogP contribution >= 0.6 is 0 Å². The second kappa shape index (κ2) is 8.99. The third-order valence-electron chi connectivity index (χ3n) is 0. The van der Waals surface area contributed by atoms with Gasteiger partial charge in [-0.2, -0.15) is 0 Å². The summed E-state index contributed by atoms with van der Waals surface area (Å²) in [4.78, 5) is 9.00. The molecule has 0 saturated carbocycles. The SMILES string of the molecule is C=C.NC(N)=O. The van der Waals surface area contributed by atoms with E-state index in [0.29, 0.717) is 0 Å². The summed E-state index contributed by atoms with van der Waals surface area (Å²) in [5.74, 6) is 0. The lowest BCUT2D eigenvalue weighted by atomic mass is 11.2. The van der Waals surface area contributed by atoms with Crippen LogP contribution in [0.2, 0.25) is 0 Å². The zero-order chi connectivity index (χ0) is 5.58. The van der Waals surface area contributed by atoms with Crippen LogP contribution in [0.1, 0.15) is 0 Å². The van der Waals surface area contributed by atoms with Crippen LogP contribution in [0.3, 0.4) is 0 Å². The highest BCUT2D eigenvalue weighted by Gasteiger charge is 1.60. The van der Waals surface area contributed by atoms with Crippen molar-refractivity contribution in [1.82, 2.24) is 0 Å². The second-order valence-electron chi connectivity index (χ2n) is 0.402. The van der Waals surface area contributed by atoms with E-state index in [-0.39, 0.29) is 0 Å². The van der Waals surface area contributed by atoms with E-state index in [1.54, 1.807) is 0 Å². The monoisotopic (exact) mass is 88.1 g/mol. The fraction of sp³-hybridized carbons (Fsp3) is 0. The minimum absolute atomic E-state index is 0.833. The van der Waals surface area contributed by atoms with Crippen molar-refractivity contribution in [1.29, 1.82) is 0 Å². The molecule has 0 aromatic heterocycles. The summed E-state index contributed by atoms with van der Waals surface area (Å²) in [6.07, 6.45) is 0. The number of urea groups is 1. The third kappa shape index (κ3) is 12.4. The summed E-state index contributed by atoms with van der Waals surface area (Å²) in [5, 5.41) is 0. The van der Waals surface area contributed by atoms with Crippen LogP contribution in [0.4, 0.5) is 4.79 Å². The molecule has 0 aromatic rings. The predicted molar refractivity (Wildman–Crippen MR) is 25.0 cm³/mol. The lowest BCUT2D eigenvalue weighted by molar-refractivity contribution is 0.256. The minimum atomic E-state index is -0.833. The van der Waals surface area contributed by atoms with Gasteiger partial charge in [-0.3, -0.25) is 0 Å². The van der Waals surface area contributed by atoms with E-state index < -0.39 is 6.03 Å². The van der Waals surface area contributed by atoms with Crippen molar-refractivity contribution in [3.63, 3.8) is 0 Å². The van der Waals surface area contributed by atoms with Crippen molar-refractivity contribution < 1.29 is 4.79 Å². The summed E-state index contributed by atoms with van der Waals surface area (Å²) in [5.41, 5.74) is 8.50. The average Bonchev–Trinajstić information content (AvgIpc) is 1.41. The Kier molecular flexibility index (Phi) is 13.3. The molecule has 0 spiro atoms. The Morgan fingerprint density at radius 3 is 1.33 bits per heavy atom. The van der Waals surface area contributed by atoms with Gasteiger partial charge in [-0.1, -0.05) is 0 Å². The van der Waals surface area contributed by atoms with E-state index in [9.17, 15) is 0 Å². The molecule has 0 heterocycles. The molecule has 3 nitrogen and oxygen atoms in total. The number of amides is 2. The Labute approximate surface area is 36.6 Å². The Morgan fingerprint density at radius 2 is 1.33 bits per heavy atom. The zero-order valence-electron chi connectivity index (χ0n) is 3.48. The molecule has 0 aromatic carbocycles. The topological polar surface area (TPSA) is 69.1 Å². The van der Waals surface area contributed by atoms with Crippen LogP contribution in [0.15, 0.2) is 13.2 Å². The standard InChI is InChI=1S/C2H4.CH4N2O/c1-2;2-1(3)4/h1-2H2;(H4,2,3,4). The molecular weight excluding hydrogens is 80.0 g/mol. The van der Waals surface area contributed by atoms with Gasteiger partial charge in [-0.25, -0.2) is 4.79 Å². The largest absolute Gasteiger partial charge is 0.352 e. The van der Waals surface area contributed by atoms with Gasteiger partial charge in [0, 0.05) is 0 Å². The van der Waals surface area contributed by atoms with Crippen LogP contribution in [0.5, 0.6) is 0 Å². The maximum absolute atomic E-state index is 9.00. The fourth-order valence-electron chi connectivity index (χ4n) is 0. The Balaban J connectivity index is 0. The molecule has 0 rings (SSSR count). The van der Waals surface area contributed by atoms with Gasteiger partial charge in [0.15, 0.2) is 0 Å². The molecule has 0 radical (unpaired) electrons. The maximum atomic E-state index is 9.00. The lowest BCUT2D eigenvalue weighted by Crippen LogP contribution is -2.18. The van der Waals surface area contributed by atoms with E-state index in [1.165, 1.54) is 0 Å². The van der Waals surface area contributed by atoms with Crippen LogP contribution in [0.25, 0.3) is 0 Å². The van der Waals surface area contributed by atoms with Crippen molar-refractivity contribution >= 4 is 6.03 Å². The van der Waals surface area contributed by atoms with Gasteiger partial charge in [0.2, 0.25) is 0 Å². The lowest BCUT2D eigenvalue weighted by Gasteiger charge is -1.62. The van der Waals surface area contributed by atoms with E-state index in [2.05, 4.69) is 24.6 Å². The zero-order valence-corrected chi connectivity index (χ0v) is 3.48. The van der Waals surface area contributed by atoms with Gasteiger partial charge in [-0.05, 0) is 0 Å². The van der Waals surface area contributed by atoms with Gasteiger partial charge in [0.1, 0.15) is 0 Å². The molecule has 2 amide bonds. The molecule has 36 valence electrons. The molecule has 0 saturated heterocycles. The maximum Gasteiger partial charge on any atom is 0.309 e. The molecule has 0 atom stereocenters. The molecular formula is C3H8N2O. The number of nitrogens with two attached hydrogens (primary N) is 2. The van der Waals surface area contributed by atoms with Crippen molar-refractivity contribution in [2.75, 3.05) is 0 Å². The van der Waals surface area contributed by atoms with E-state index in [4.69, 9.17) is 4.79 Å². The average molecular weight is 88.1 g/mol. The fourth-order valence-corrected chi connectivity index (χ4v) is 0. The molecule has 0 unspecified atom stereocenters. The molecule has 0 aliphatic rings. The molecule has 4 N–H and O–H groups in total. The summed E-state index contributed by atoms with van der Waals surface area (Å²) in [7, 11) is 0. The van der Waals surface area contributed by atoms with Gasteiger partial charge in [-0.15, -0.1) is 13.2 Å². The number of primary amides is 2. The molecule has 0 aliphatic carbocycles. The Morgan fingerprint density at radius 1 is 1.33 bits per heavy atom. The summed E-state index contributed by atoms with van der Waals surface area (Å²) < 4.78 is 0. The van der Waals surface area contributed by atoms with Gasteiger partial charge < -0.3 is 11.5 Å². The Hall–Kier alpha value is -0.990. The van der Waals surface area contributed by atoms with Gasteiger partial charge >= 0.3 is 6.03 Å². The number of carbonyl (C=O) groups excluding carboxylic acids is 1. The normalized spacial score (nSPS) is 4.67. The minimum Gasteiger partial charge on any atom is -0.352 e. The number of hydrogen-bond donors (Lipinski definition) is 2. The molecule has 0 fully saturated rings. The van der Waals surface area contributed by atoms with Crippen molar-refractivity contribution in [3.8, 4) is 0 Å². The number of rotatable bonds is 0. The van der Waals surface area contributed by atoms with Gasteiger partial charge in [0.05, 0.1) is 0 Å². The molecule has 6 heavy (non-hydrogen) atoms. The highest BCUT2D eigenvalue weighted by atomic mass is 16.2. The Bertz CT molecular complexity index is 40.1. The third-order valence-corrected chi connectivity index (χ3v) is 0. The number of carbonyl (C=O) groups is 1. The summed E-state index contributed by atoms with van der Waals surface area (Å²) in [6.45, 7) is 6.00. The van der Waals surface area contributed by atoms with E-state index in [1.807, 2.05) is 0 Å². The second-order valence-corrected chi connectivity index (χ2v) is 0.402. The molecule has 0 bridgehead atoms. The summed E-state index contributed by atoms with van der Waals surface area (Å²) >= 11 is 0. The molecule has 0 aliphatic heterocycles.